The number of likely N-dealkylation sites (tertiary alicyclic amines) is 1. The molecule has 0 saturated carbocycles. The Morgan fingerprint density at radius 3 is 2.50 bits per heavy atom. The molecule has 0 aromatic carbocycles. The summed E-state index contributed by atoms with van der Waals surface area (Å²) in [6.45, 7) is 3.79. The highest BCUT2D eigenvalue weighted by atomic mass is 16.3. The number of carbonyl (C=O) groups is 1. The third-order valence-electron chi connectivity index (χ3n) is 2.12. The fraction of sp³-hybridized carbons (Fsp3) is 0.857. The van der Waals surface area contributed by atoms with Gasteiger partial charge in [0.1, 0.15) is 6.73 Å². The molecule has 0 aliphatic carbocycles. The van der Waals surface area contributed by atoms with Crippen LogP contribution >= 0.6 is 0 Å². The molecule has 0 spiro atoms. The van der Waals surface area contributed by atoms with Crippen LogP contribution < -0.4 is 0 Å². The van der Waals surface area contributed by atoms with E-state index in [4.69, 9.17) is 5.11 Å². The second kappa shape index (κ2) is 2.23. The van der Waals surface area contributed by atoms with Crippen molar-refractivity contribution in [1.82, 2.24) is 4.90 Å². The molecule has 1 aliphatic rings. The Kier molecular flexibility index (Phi) is 1.68. The van der Waals surface area contributed by atoms with Crippen molar-refractivity contribution in [1.29, 1.82) is 0 Å². The lowest BCUT2D eigenvalue weighted by Gasteiger charge is -2.29. The lowest BCUT2D eigenvalue weighted by Crippen LogP contribution is -2.41. The van der Waals surface area contributed by atoms with Gasteiger partial charge in [0.05, 0.1) is 0 Å². The number of rotatable bonds is 1. The molecule has 1 rings (SSSR count). The molecule has 3 nitrogen and oxygen atoms in total. The van der Waals surface area contributed by atoms with Crippen molar-refractivity contribution in [3.8, 4) is 0 Å². The lowest BCUT2D eigenvalue weighted by atomic mass is 10.0. The fourth-order valence-electron chi connectivity index (χ4n) is 1.29. The molecule has 1 N–H and O–H groups in total. The van der Waals surface area contributed by atoms with Crippen LogP contribution in [0.1, 0.15) is 26.7 Å². The maximum absolute atomic E-state index is 11.0. The molecule has 1 aliphatic heterocycles. The first-order chi connectivity index (χ1) is 4.58. The smallest absolute Gasteiger partial charge is 0.224 e. The summed E-state index contributed by atoms with van der Waals surface area (Å²) in [5, 5.41) is 8.78. The predicted octanol–water partition coefficient (Wildman–Crippen LogP) is 0.337. The quantitative estimate of drug-likeness (QED) is 0.575. The fourth-order valence-corrected chi connectivity index (χ4v) is 1.29. The summed E-state index contributed by atoms with van der Waals surface area (Å²) in [5.41, 5.74) is -0.133. The monoisotopic (exact) mass is 143 g/mol. The Morgan fingerprint density at radius 2 is 2.30 bits per heavy atom. The number of hydrogen-bond acceptors (Lipinski definition) is 2. The molecule has 1 heterocycles. The van der Waals surface area contributed by atoms with E-state index in [0.29, 0.717) is 6.42 Å². The van der Waals surface area contributed by atoms with E-state index in [1.165, 1.54) is 4.90 Å². The average Bonchev–Trinajstić information content (AvgIpc) is 2.07. The summed E-state index contributed by atoms with van der Waals surface area (Å²) in [6.07, 6.45) is 1.43. The first-order valence-corrected chi connectivity index (χ1v) is 3.49. The number of aliphatic hydroxyl groups is 1. The molecule has 0 aromatic heterocycles. The number of amides is 1. The van der Waals surface area contributed by atoms with Crippen LogP contribution in [0.3, 0.4) is 0 Å². The van der Waals surface area contributed by atoms with Gasteiger partial charge >= 0.3 is 0 Å². The van der Waals surface area contributed by atoms with Crippen LogP contribution in [0.2, 0.25) is 0 Å². The molecule has 3 heteroatoms. The molecule has 10 heavy (non-hydrogen) atoms. The average molecular weight is 143 g/mol. The van der Waals surface area contributed by atoms with E-state index in [0.717, 1.165) is 6.42 Å². The van der Waals surface area contributed by atoms with Crippen LogP contribution in [0.5, 0.6) is 0 Å². The molecule has 0 unspecified atom stereocenters. The zero-order chi connectivity index (χ0) is 7.78. The highest BCUT2D eigenvalue weighted by Crippen LogP contribution is 2.27. The summed E-state index contributed by atoms with van der Waals surface area (Å²) in [5.74, 6) is 0.0625. The molecule has 1 amide bonds. The zero-order valence-corrected chi connectivity index (χ0v) is 6.42. The third-order valence-corrected chi connectivity index (χ3v) is 2.12. The predicted molar refractivity (Wildman–Crippen MR) is 37.2 cm³/mol. The summed E-state index contributed by atoms with van der Waals surface area (Å²) in [6, 6.07) is 0. The maximum atomic E-state index is 11.0. The summed E-state index contributed by atoms with van der Waals surface area (Å²) >= 11 is 0. The standard InChI is InChI=1S/C7H13NO2/c1-7(2)4-3-6(10)8(7)5-9/h9H,3-5H2,1-2H3. The van der Waals surface area contributed by atoms with Crippen LogP contribution in [0.25, 0.3) is 0 Å². The highest BCUT2D eigenvalue weighted by molar-refractivity contribution is 5.79. The van der Waals surface area contributed by atoms with Crippen LogP contribution in [0.4, 0.5) is 0 Å². The molecule has 58 valence electrons. The molecule has 1 fully saturated rings. The van der Waals surface area contributed by atoms with Gasteiger partial charge in [-0.3, -0.25) is 4.79 Å². The first kappa shape index (κ1) is 7.54. The van der Waals surface area contributed by atoms with E-state index < -0.39 is 0 Å². The van der Waals surface area contributed by atoms with E-state index in [1.54, 1.807) is 0 Å². The largest absolute Gasteiger partial charge is 0.376 e. The minimum Gasteiger partial charge on any atom is -0.376 e. The second-order valence-electron chi connectivity index (χ2n) is 3.28. The minimum absolute atomic E-state index is 0.0625. The van der Waals surface area contributed by atoms with Gasteiger partial charge < -0.3 is 10.0 Å². The molecule has 0 bridgehead atoms. The van der Waals surface area contributed by atoms with E-state index in [2.05, 4.69) is 0 Å². The van der Waals surface area contributed by atoms with E-state index in [1.807, 2.05) is 13.8 Å². The van der Waals surface area contributed by atoms with E-state index >= 15 is 0 Å². The molecule has 0 radical (unpaired) electrons. The van der Waals surface area contributed by atoms with Crippen molar-refractivity contribution in [2.45, 2.75) is 32.2 Å². The SMILES string of the molecule is CC1(C)CCC(=O)N1CO. The van der Waals surface area contributed by atoms with Gasteiger partial charge in [0.25, 0.3) is 0 Å². The Hall–Kier alpha value is -0.570. The Bertz CT molecular complexity index is 154. The Balaban J connectivity index is 2.73. The van der Waals surface area contributed by atoms with Crippen LogP contribution in [0.15, 0.2) is 0 Å². The lowest BCUT2D eigenvalue weighted by molar-refractivity contribution is -0.134. The molecular formula is C7H13NO2. The molecule has 0 aromatic rings. The third kappa shape index (κ3) is 1.01. The normalized spacial score (nSPS) is 23.9. The van der Waals surface area contributed by atoms with Crippen LogP contribution in [-0.4, -0.2) is 28.2 Å². The highest BCUT2D eigenvalue weighted by Gasteiger charge is 2.36. The number of nitrogens with zero attached hydrogens (tertiary/aromatic N) is 1. The zero-order valence-electron chi connectivity index (χ0n) is 6.42. The Morgan fingerprint density at radius 1 is 1.70 bits per heavy atom. The summed E-state index contributed by atoms with van der Waals surface area (Å²) in [7, 11) is 0. The van der Waals surface area contributed by atoms with Gasteiger partial charge in [-0.25, -0.2) is 0 Å². The summed E-state index contributed by atoms with van der Waals surface area (Å²) < 4.78 is 0. The molecule has 0 atom stereocenters. The van der Waals surface area contributed by atoms with Crippen LogP contribution in [0, 0.1) is 0 Å². The van der Waals surface area contributed by atoms with Gasteiger partial charge in [-0.15, -0.1) is 0 Å². The van der Waals surface area contributed by atoms with Gasteiger partial charge in [0, 0.05) is 12.0 Å². The van der Waals surface area contributed by atoms with Crippen molar-refractivity contribution in [2.75, 3.05) is 6.73 Å². The van der Waals surface area contributed by atoms with Crippen molar-refractivity contribution >= 4 is 5.91 Å². The molecular weight excluding hydrogens is 130 g/mol. The van der Waals surface area contributed by atoms with Gasteiger partial charge in [0.15, 0.2) is 0 Å². The number of carbonyl (C=O) groups excluding carboxylic acids is 1. The number of aliphatic hydroxyl groups excluding tert-OH is 1. The van der Waals surface area contributed by atoms with Crippen molar-refractivity contribution < 1.29 is 9.90 Å². The van der Waals surface area contributed by atoms with Crippen molar-refractivity contribution in [3.05, 3.63) is 0 Å². The topological polar surface area (TPSA) is 40.5 Å². The van der Waals surface area contributed by atoms with Gasteiger partial charge in [-0.1, -0.05) is 0 Å². The van der Waals surface area contributed by atoms with Crippen molar-refractivity contribution in [2.24, 2.45) is 0 Å². The Labute approximate surface area is 60.6 Å². The van der Waals surface area contributed by atoms with Gasteiger partial charge in [-0.05, 0) is 20.3 Å². The van der Waals surface area contributed by atoms with Crippen LogP contribution in [-0.2, 0) is 4.79 Å². The minimum atomic E-state index is -0.147. The van der Waals surface area contributed by atoms with E-state index in [-0.39, 0.29) is 18.2 Å². The maximum Gasteiger partial charge on any atom is 0.224 e. The first-order valence-electron chi connectivity index (χ1n) is 3.49. The number of hydrogen-bond donors (Lipinski definition) is 1. The second-order valence-corrected chi connectivity index (χ2v) is 3.28. The van der Waals surface area contributed by atoms with Gasteiger partial charge in [0.2, 0.25) is 5.91 Å². The van der Waals surface area contributed by atoms with Crippen molar-refractivity contribution in [3.63, 3.8) is 0 Å². The van der Waals surface area contributed by atoms with E-state index in [9.17, 15) is 4.79 Å². The summed E-state index contributed by atoms with van der Waals surface area (Å²) in [4.78, 5) is 12.5. The molecule has 1 saturated heterocycles. The van der Waals surface area contributed by atoms with Gasteiger partial charge in [-0.2, -0.15) is 0 Å².